The van der Waals surface area contributed by atoms with Crippen LogP contribution in [0, 0.1) is 0 Å². The lowest BCUT2D eigenvalue weighted by molar-refractivity contribution is 0.552. The molecule has 1 aliphatic heterocycles. The maximum atomic E-state index is 5.28. The number of anilines is 1. The molecule has 4 atom stereocenters. The summed E-state index contributed by atoms with van der Waals surface area (Å²) in [6.45, 7) is 0. The first-order valence-electron chi connectivity index (χ1n) is 19.2. The van der Waals surface area contributed by atoms with E-state index in [-0.39, 0.29) is 12.0 Å². The van der Waals surface area contributed by atoms with E-state index in [9.17, 15) is 0 Å². The van der Waals surface area contributed by atoms with Crippen LogP contribution in [0.5, 0.6) is 0 Å². The van der Waals surface area contributed by atoms with Gasteiger partial charge in [0, 0.05) is 28.5 Å². The fourth-order valence-corrected chi connectivity index (χ4v) is 9.75. The summed E-state index contributed by atoms with van der Waals surface area (Å²) in [4.78, 5) is 13.0. The van der Waals surface area contributed by atoms with Crippen molar-refractivity contribution < 1.29 is 0 Å². The van der Waals surface area contributed by atoms with E-state index in [4.69, 9.17) is 9.97 Å². The monoisotopic (exact) mass is 681 g/mol. The lowest BCUT2D eigenvalue weighted by atomic mass is 9.78. The smallest absolute Gasteiger partial charge is 0.160 e. The first kappa shape index (κ1) is 30.6. The first-order chi connectivity index (χ1) is 26.3. The second-order valence-electron chi connectivity index (χ2n) is 15.1. The number of aromatic nitrogens is 2. The molecule has 0 spiro atoms. The van der Waals surface area contributed by atoms with E-state index in [1.165, 1.54) is 60.6 Å². The zero-order chi connectivity index (χ0) is 34.9. The molecule has 0 fully saturated rings. The quantitative estimate of drug-likeness (QED) is 0.173. The molecule has 0 bridgehead atoms. The Morgan fingerprint density at radius 1 is 0.623 bits per heavy atom. The van der Waals surface area contributed by atoms with E-state index in [2.05, 4.69) is 163 Å². The zero-order valence-electron chi connectivity index (χ0n) is 29.6. The number of hydrogen-bond acceptors (Lipinski definition) is 3. The molecule has 6 aromatic carbocycles. The predicted molar refractivity (Wildman–Crippen MR) is 220 cm³/mol. The van der Waals surface area contributed by atoms with Gasteiger partial charge in [-0.1, -0.05) is 152 Å². The minimum Gasteiger partial charge on any atom is -0.337 e. The molecule has 11 rings (SSSR count). The van der Waals surface area contributed by atoms with Gasteiger partial charge in [0.15, 0.2) is 5.82 Å². The first-order valence-corrected chi connectivity index (χ1v) is 19.2. The Hall–Kier alpha value is -6.06. The van der Waals surface area contributed by atoms with Crippen molar-refractivity contribution in [3.63, 3.8) is 0 Å². The van der Waals surface area contributed by atoms with E-state index >= 15 is 0 Å². The fraction of sp³-hybridized carbons (Fsp3) is 0.160. The number of benzene rings is 6. The van der Waals surface area contributed by atoms with Crippen LogP contribution in [0.25, 0.3) is 49.9 Å². The van der Waals surface area contributed by atoms with Crippen molar-refractivity contribution in [1.29, 1.82) is 0 Å². The Labute approximate surface area is 310 Å². The average molecular weight is 682 g/mol. The third-order valence-corrected chi connectivity index (χ3v) is 12.2. The largest absolute Gasteiger partial charge is 0.337 e. The SMILES string of the molecule is C1=CC2c3nc(-c4ccccc4)nc4cccc(c34)N(C3=CCCC(c4cccc(C5C=Cc6c(c7ccccc7c7ccccc67)C5)c4)C3)C2C=C1. The predicted octanol–water partition coefficient (Wildman–Crippen LogP) is 12.2. The summed E-state index contributed by atoms with van der Waals surface area (Å²) in [5.74, 6) is 1.76. The fourth-order valence-electron chi connectivity index (χ4n) is 9.75. The topological polar surface area (TPSA) is 29.0 Å². The van der Waals surface area contributed by atoms with Crippen LogP contribution in [0.2, 0.25) is 0 Å². The van der Waals surface area contributed by atoms with E-state index in [1.54, 1.807) is 0 Å². The van der Waals surface area contributed by atoms with Crippen LogP contribution in [0.1, 0.15) is 65.0 Å². The highest BCUT2D eigenvalue weighted by molar-refractivity contribution is 6.13. The summed E-state index contributed by atoms with van der Waals surface area (Å²) < 4.78 is 0. The van der Waals surface area contributed by atoms with Crippen molar-refractivity contribution >= 4 is 44.2 Å². The van der Waals surface area contributed by atoms with Gasteiger partial charge in [-0.05, 0) is 87.5 Å². The van der Waals surface area contributed by atoms with Crippen LogP contribution >= 0.6 is 0 Å². The maximum absolute atomic E-state index is 5.28. The minimum atomic E-state index is 0.154. The van der Waals surface area contributed by atoms with Crippen molar-refractivity contribution in [3.05, 3.63) is 191 Å². The van der Waals surface area contributed by atoms with Crippen LogP contribution in [-0.2, 0) is 6.42 Å². The summed E-state index contributed by atoms with van der Waals surface area (Å²) in [6.07, 6.45) is 20.7. The van der Waals surface area contributed by atoms with Crippen molar-refractivity contribution in [2.45, 2.75) is 49.5 Å². The molecule has 53 heavy (non-hydrogen) atoms. The van der Waals surface area contributed by atoms with Gasteiger partial charge >= 0.3 is 0 Å². The molecule has 3 aliphatic carbocycles. The Morgan fingerprint density at radius 2 is 1.38 bits per heavy atom. The molecule has 254 valence electrons. The third kappa shape index (κ3) is 4.94. The molecular weight excluding hydrogens is 643 g/mol. The summed E-state index contributed by atoms with van der Waals surface area (Å²) >= 11 is 0. The Bertz CT molecular complexity index is 2720. The van der Waals surface area contributed by atoms with Gasteiger partial charge in [0.2, 0.25) is 0 Å². The molecule has 0 N–H and O–H groups in total. The highest BCUT2D eigenvalue weighted by Crippen LogP contribution is 2.48. The molecule has 3 heteroatoms. The number of nitrogens with zero attached hydrogens (tertiary/aromatic N) is 3. The van der Waals surface area contributed by atoms with Gasteiger partial charge < -0.3 is 4.90 Å². The van der Waals surface area contributed by atoms with E-state index in [1.807, 2.05) is 6.07 Å². The summed E-state index contributed by atoms with van der Waals surface area (Å²) in [7, 11) is 0. The van der Waals surface area contributed by atoms with Crippen LogP contribution in [-0.4, -0.2) is 16.0 Å². The van der Waals surface area contributed by atoms with Gasteiger partial charge in [0.05, 0.1) is 22.9 Å². The number of fused-ring (bicyclic) bond motifs is 8. The van der Waals surface area contributed by atoms with Gasteiger partial charge in [0.25, 0.3) is 0 Å². The van der Waals surface area contributed by atoms with Crippen LogP contribution in [0.3, 0.4) is 0 Å². The lowest BCUT2D eigenvalue weighted by Gasteiger charge is -2.44. The minimum absolute atomic E-state index is 0.154. The Morgan fingerprint density at radius 3 is 2.26 bits per heavy atom. The second kappa shape index (κ2) is 12.3. The van der Waals surface area contributed by atoms with E-state index in [0.717, 1.165) is 48.3 Å². The van der Waals surface area contributed by atoms with E-state index < -0.39 is 0 Å². The molecule has 7 aromatic rings. The van der Waals surface area contributed by atoms with Crippen molar-refractivity contribution in [3.8, 4) is 11.4 Å². The van der Waals surface area contributed by atoms with Gasteiger partial charge in [-0.3, -0.25) is 0 Å². The van der Waals surface area contributed by atoms with Crippen LogP contribution in [0.15, 0.2) is 163 Å². The Kier molecular flexibility index (Phi) is 7.08. The van der Waals surface area contributed by atoms with Gasteiger partial charge in [-0.25, -0.2) is 9.97 Å². The van der Waals surface area contributed by atoms with Gasteiger partial charge in [0.1, 0.15) is 0 Å². The van der Waals surface area contributed by atoms with Gasteiger partial charge in [-0.2, -0.15) is 0 Å². The number of allylic oxidation sites excluding steroid dienone is 5. The molecule has 0 saturated carbocycles. The summed E-state index contributed by atoms with van der Waals surface area (Å²) in [6, 6.07) is 44.6. The maximum Gasteiger partial charge on any atom is 0.160 e. The van der Waals surface area contributed by atoms with E-state index in [0.29, 0.717) is 11.8 Å². The second-order valence-corrected chi connectivity index (χ2v) is 15.1. The Balaban J connectivity index is 0.932. The molecule has 4 unspecified atom stereocenters. The number of hydrogen-bond donors (Lipinski definition) is 0. The van der Waals surface area contributed by atoms with Crippen molar-refractivity contribution in [1.82, 2.24) is 9.97 Å². The standard InChI is InChI=1S/C50H39N3/c1-2-13-32(14-3-1)50-51-45-24-12-26-47-48(45)49(52-50)43-23-8-9-25-46(43)53(47)37-18-11-17-35(30-37)33-15-10-16-34(29-33)36-27-28-42-40-21-5-4-19-38(40)39-20-6-7-22-41(39)44(42)31-36/h1-10,12-16,18-29,35-36,43,46H,11,17,30-31H2. The summed E-state index contributed by atoms with van der Waals surface area (Å²) in [5.41, 5.74) is 11.6. The number of rotatable bonds is 4. The van der Waals surface area contributed by atoms with Crippen LogP contribution < -0.4 is 4.90 Å². The summed E-state index contributed by atoms with van der Waals surface area (Å²) in [5, 5.41) is 6.63. The molecule has 3 nitrogen and oxygen atoms in total. The third-order valence-electron chi connectivity index (χ3n) is 12.2. The van der Waals surface area contributed by atoms with Gasteiger partial charge in [-0.15, -0.1) is 0 Å². The molecular formula is C50H39N3. The highest BCUT2D eigenvalue weighted by atomic mass is 15.2. The van der Waals surface area contributed by atoms with Crippen molar-refractivity contribution in [2.75, 3.05) is 4.90 Å². The zero-order valence-corrected chi connectivity index (χ0v) is 29.6. The normalized spacial score (nSPS) is 21.5. The molecule has 0 saturated heterocycles. The molecule has 4 aliphatic rings. The molecule has 0 radical (unpaired) electrons. The molecule has 2 heterocycles. The average Bonchev–Trinajstić information content (AvgIpc) is 3.24. The van der Waals surface area contributed by atoms with Crippen molar-refractivity contribution in [2.24, 2.45) is 0 Å². The van der Waals surface area contributed by atoms with Crippen LogP contribution in [0.4, 0.5) is 5.69 Å². The molecule has 0 amide bonds. The lowest BCUT2D eigenvalue weighted by Crippen LogP contribution is -2.42. The highest BCUT2D eigenvalue weighted by Gasteiger charge is 2.38. The molecule has 1 aromatic heterocycles.